The van der Waals surface area contributed by atoms with E-state index in [1.165, 1.54) is 0 Å². The van der Waals surface area contributed by atoms with Crippen molar-refractivity contribution in [2.75, 3.05) is 18.4 Å². The Morgan fingerprint density at radius 3 is 2.29 bits per heavy atom. The Kier molecular flexibility index (Phi) is 5.37. The van der Waals surface area contributed by atoms with Gasteiger partial charge < -0.3 is 5.32 Å². The molecule has 0 radical (unpaired) electrons. The van der Waals surface area contributed by atoms with Gasteiger partial charge in [-0.1, -0.05) is 35.9 Å². The van der Waals surface area contributed by atoms with Crippen LogP contribution < -0.4 is 5.32 Å². The Labute approximate surface area is 131 Å². The lowest BCUT2D eigenvalue weighted by atomic mass is 10.2. The van der Waals surface area contributed by atoms with Crippen LogP contribution >= 0.6 is 11.6 Å². The monoisotopic (exact) mass is 306 g/mol. The largest absolute Gasteiger partial charge is 0.367 e. The molecule has 0 spiro atoms. The molecule has 0 saturated heterocycles. The number of rotatable bonds is 6. The number of benzene rings is 1. The van der Waals surface area contributed by atoms with Crippen molar-refractivity contribution in [2.45, 2.75) is 39.8 Å². The molecule has 0 unspecified atom stereocenters. The molecular formula is C16H23ClN4. The van der Waals surface area contributed by atoms with Crippen molar-refractivity contribution < 1.29 is 0 Å². The number of hydrogen-bond donors (Lipinski definition) is 1. The maximum absolute atomic E-state index is 6.09. The quantitative estimate of drug-likeness (QED) is 0.881. The van der Waals surface area contributed by atoms with Crippen molar-refractivity contribution >= 4 is 28.2 Å². The maximum Gasteiger partial charge on any atom is 0.159 e. The van der Waals surface area contributed by atoms with Gasteiger partial charge in [-0.3, -0.25) is 4.90 Å². The second kappa shape index (κ2) is 7.05. The first-order valence-electron chi connectivity index (χ1n) is 7.41. The number of halogens is 1. The van der Waals surface area contributed by atoms with E-state index in [0.29, 0.717) is 17.2 Å². The van der Waals surface area contributed by atoms with Crippen LogP contribution in [-0.2, 0) is 0 Å². The normalized spacial score (nSPS) is 11.8. The predicted octanol–water partition coefficient (Wildman–Crippen LogP) is 3.81. The summed E-state index contributed by atoms with van der Waals surface area (Å²) >= 11 is 6.09. The van der Waals surface area contributed by atoms with Crippen LogP contribution in [0, 0.1) is 0 Å². The van der Waals surface area contributed by atoms with Gasteiger partial charge in [0.05, 0.1) is 0 Å². The van der Waals surface area contributed by atoms with Gasteiger partial charge in [0.1, 0.15) is 0 Å². The third-order valence-corrected chi connectivity index (χ3v) is 3.91. The molecule has 0 aliphatic heterocycles. The van der Waals surface area contributed by atoms with Crippen LogP contribution in [0.5, 0.6) is 0 Å². The SMILES string of the molecule is CC(C)N(CCNc1nnc(Cl)c2ccccc12)C(C)C. The van der Waals surface area contributed by atoms with Crippen LogP contribution in [-0.4, -0.2) is 40.3 Å². The molecule has 0 aliphatic rings. The summed E-state index contributed by atoms with van der Waals surface area (Å²) in [5, 5.41) is 14.0. The van der Waals surface area contributed by atoms with E-state index in [4.69, 9.17) is 11.6 Å². The maximum atomic E-state index is 6.09. The van der Waals surface area contributed by atoms with Crippen molar-refractivity contribution in [1.29, 1.82) is 0 Å². The van der Waals surface area contributed by atoms with E-state index in [-0.39, 0.29) is 0 Å². The average Bonchev–Trinajstić information content (AvgIpc) is 2.45. The minimum Gasteiger partial charge on any atom is -0.367 e. The van der Waals surface area contributed by atoms with Crippen LogP contribution in [0.15, 0.2) is 24.3 Å². The van der Waals surface area contributed by atoms with E-state index >= 15 is 0 Å². The summed E-state index contributed by atoms with van der Waals surface area (Å²) in [6, 6.07) is 8.98. The lowest BCUT2D eigenvalue weighted by Gasteiger charge is -2.30. The molecule has 5 heteroatoms. The zero-order valence-electron chi connectivity index (χ0n) is 13.1. The molecule has 114 valence electrons. The minimum atomic E-state index is 0.446. The Morgan fingerprint density at radius 2 is 1.67 bits per heavy atom. The molecule has 0 aliphatic carbocycles. The summed E-state index contributed by atoms with van der Waals surface area (Å²) in [5.41, 5.74) is 0. The number of nitrogens with zero attached hydrogens (tertiary/aromatic N) is 3. The average molecular weight is 307 g/mol. The Balaban J connectivity index is 2.09. The summed E-state index contributed by atoms with van der Waals surface area (Å²) in [6.45, 7) is 10.7. The number of hydrogen-bond acceptors (Lipinski definition) is 4. The first-order valence-corrected chi connectivity index (χ1v) is 7.79. The first-order chi connectivity index (χ1) is 10.0. The summed E-state index contributed by atoms with van der Waals surface area (Å²) in [7, 11) is 0. The van der Waals surface area contributed by atoms with Crippen LogP contribution in [0.4, 0.5) is 5.82 Å². The van der Waals surface area contributed by atoms with Gasteiger partial charge in [0.15, 0.2) is 11.0 Å². The Hall–Kier alpha value is -1.39. The second-order valence-electron chi connectivity index (χ2n) is 5.74. The highest BCUT2D eigenvalue weighted by Crippen LogP contribution is 2.25. The van der Waals surface area contributed by atoms with Gasteiger partial charge in [-0.25, -0.2) is 0 Å². The molecule has 1 aromatic carbocycles. The highest BCUT2D eigenvalue weighted by molar-refractivity contribution is 6.34. The fourth-order valence-electron chi connectivity index (χ4n) is 2.62. The molecule has 2 rings (SSSR count). The van der Waals surface area contributed by atoms with Gasteiger partial charge >= 0.3 is 0 Å². The summed E-state index contributed by atoms with van der Waals surface area (Å²) in [4.78, 5) is 2.44. The summed E-state index contributed by atoms with van der Waals surface area (Å²) < 4.78 is 0. The zero-order chi connectivity index (χ0) is 15.4. The van der Waals surface area contributed by atoms with Gasteiger partial charge in [0, 0.05) is 35.9 Å². The second-order valence-corrected chi connectivity index (χ2v) is 6.10. The van der Waals surface area contributed by atoms with Gasteiger partial charge in [-0.05, 0) is 27.7 Å². The number of nitrogens with one attached hydrogen (secondary N) is 1. The van der Waals surface area contributed by atoms with Crippen LogP contribution in [0.1, 0.15) is 27.7 Å². The van der Waals surface area contributed by atoms with E-state index in [0.717, 1.165) is 29.7 Å². The van der Waals surface area contributed by atoms with Crippen LogP contribution in [0.2, 0.25) is 5.15 Å². The lowest BCUT2D eigenvalue weighted by Crippen LogP contribution is -2.40. The third-order valence-electron chi connectivity index (χ3n) is 3.63. The van der Waals surface area contributed by atoms with Gasteiger partial charge in [0.25, 0.3) is 0 Å². The van der Waals surface area contributed by atoms with Gasteiger partial charge in [-0.15, -0.1) is 10.2 Å². The number of fused-ring (bicyclic) bond motifs is 1. The van der Waals surface area contributed by atoms with E-state index < -0.39 is 0 Å². The minimum absolute atomic E-state index is 0.446. The van der Waals surface area contributed by atoms with Gasteiger partial charge in [0.2, 0.25) is 0 Å². The third kappa shape index (κ3) is 3.83. The zero-order valence-corrected chi connectivity index (χ0v) is 13.9. The summed E-state index contributed by atoms with van der Waals surface area (Å²) in [6.07, 6.45) is 0. The van der Waals surface area contributed by atoms with Crippen molar-refractivity contribution in [3.05, 3.63) is 29.4 Å². The molecule has 0 fully saturated rings. The van der Waals surface area contributed by atoms with Crippen molar-refractivity contribution in [3.63, 3.8) is 0 Å². The molecule has 0 bridgehead atoms. The molecule has 21 heavy (non-hydrogen) atoms. The number of aromatic nitrogens is 2. The fraction of sp³-hybridized carbons (Fsp3) is 0.500. The first kappa shape index (κ1) is 16.0. The van der Waals surface area contributed by atoms with Crippen molar-refractivity contribution in [1.82, 2.24) is 15.1 Å². The predicted molar refractivity (Wildman–Crippen MR) is 90.0 cm³/mol. The molecule has 2 aromatic rings. The fourth-order valence-corrected chi connectivity index (χ4v) is 2.82. The van der Waals surface area contributed by atoms with E-state index in [1.807, 2.05) is 24.3 Å². The molecule has 0 amide bonds. The lowest BCUT2D eigenvalue weighted by molar-refractivity contribution is 0.182. The van der Waals surface area contributed by atoms with Crippen molar-refractivity contribution in [3.8, 4) is 0 Å². The van der Waals surface area contributed by atoms with Crippen LogP contribution in [0.3, 0.4) is 0 Å². The Bertz CT molecular complexity index is 590. The molecule has 0 atom stereocenters. The highest BCUT2D eigenvalue weighted by Gasteiger charge is 2.13. The molecule has 1 heterocycles. The number of anilines is 1. The standard InChI is InChI=1S/C16H23ClN4/c1-11(2)21(12(3)4)10-9-18-16-14-8-6-5-7-13(14)15(17)19-20-16/h5-8,11-12H,9-10H2,1-4H3,(H,18,20). The molecular weight excluding hydrogens is 284 g/mol. The van der Waals surface area contributed by atoms with E-state index in [1.54, 1.807) is 0 Å². The van der Waals surface area contributed by atoms with Crippen molar-refractivity contribution in [2.24, 2.45) is 0 Å². The van der Waals surface area contributed by atoms with E-state index in [9.17, 15) is 0 Å². The molecule has 1 N–H and O–H groups in total. The van der Waals surface area contributed by atoms with E-state index in [2.05, 4.69) is 48.1 Å². The topological polar surface area (TPSA) is 41.0 Å². The molecule has 4 nitrogen and oxygen atoms in total. The molecule has 0 saturated carbocycles. The van der Waals surface area contributed by atoms with Crippen LogP contribution in [0.25, 0.3) is 10.8 Å². The highest BCUT2D eigenvalue weighted by atomic mass is 35.5. The molecule has 1 aromatic heterocycles. The summed E-state index contributed by atoms with van der Waals surface area (Å²) in [5.74, 6) is 0.794. The smallest absolute Gasteiger partial charge is 0.159 e. The van der Waals surface area contributed by atoms with Gasteiger partial charge in [-0.2, -0.15) is 0 Å². The Morgan fingerprint density at radius 1 is 1.05 bits per heavy atom.